The number of thiazole rings is 1. The van der Waals surface area contributed by atoms with Gasteiger partial charge in [0.25, 0.3) is 0 Å². The highest BCUT2D eigenvalue weighted by atomic mass is 35.5. The number of likely N-dealkylation sites (N-methyl/N-ethyl adjacent to an activating group) is 1. The van der Waals surface area contributed by atoms with Crippen molar-refractivity contribution >= 4 is 28.8 Å². The van der Waals surface area contributed by atoms with Crippen molar-refractivity contribution in [3.63, 3.8) is 0 Å². The molecule has 0 atom stereocenters. The molecule has 1 fully saturated rings. The van der Waals surface area contributed by atoms with E-state index in [4.69, 9.17) is 11.6 Å². The molecule has 2 heterocycles. The maximum Gasteiger partial charge on any atom is 0.236 e. The fraction of sp³-hybridized carbons (Fsp3) is 0.714. The standard InChI is InChI=1S/C14H22ClN3OS/c1-17-6-4-8-18(10-14(17)19)7-3-2-5-13-16-12(9-15)11-20-13/h11H,2-10H2,1H3. The van der Waals surface area contributed by atoms with Gasteiger partial charge in [-0.25, -0.2) is 4.98 Å². The molecule has 20 heavy (non-hydrogen) atoms. The summed E-state index contributed by atoms with van der Waals surface area (Å²) in [5.74, 6) is 0.745. The first kappa shape index (κ1) is 15.7. The molecule has 1 aliphatic heterocycles. The van der Waals surface area contributed by atoms with Gasteiger partial charge in [0.2, 0.25) is 5.91 Å². The summed E-state index contributed by atoms with van der Waals surface area (Å²) < 4.78 is 0. The van der Waals surface area contributed by atoms with Crippen molar-refractivity contribution in [1.29, 1.82) is 0 Å². The van der Waals surface area contributed by atoms with Crippen LogP contribution in [0.15, 0.2) is 5.38 Å². The van der Waals surface area contributed by atoms with Crippen LogP contribution in [0.5, 0.6) is 0 Å². The van der Waals surface area contributed by atoms with Crippen molar-refractivity contribution in [2.75, 3.05) is 33.2 Å². The van der Waals surface area contributed by atoms with Gasteiger partial charge in [0.1, 0.15) is 0 Å². The average molecular weight is 316 g/mol. The summed E-state index contributed by atoms with van der Waals surface area (Å²) >= 11 is 7.44. The maximum absolute atomic E-state index is 11.8. The van der Waals surface area contributed by atoms with Crippen molar-refractivity contribution in [2.45, 2.75) is 31.6 Å². The van der Waals surface area contributed by atoms with Crippen LogP contribution in [0, 0.1) is 0 Å². The summed E-state index contributed by atoms with van der Waals surface area (Å²) in [5.41, 5.74) is 0.979. The van der Waals surface area contributed by atoms with E-state index in [9.17, 15) is 4.79 Å². The Labute approximate surface area is 129 Å². The van der Waals surface area contributed by atoms with Crippen LogP contribution in [0.4, 0.5) is 0 Å². The minimum absolute atomic E-state index is 0.245. The predicted molar refractivity (Wildman–Crippen MR) is 83.3 cm³/mol. The molecule has 0 saturated carbocycles. The van der Waals surface area contributed by atoms with E-state index in [-0.39, 0.29) is 5.91 Å². The Balaban J connectivity index is 1.66. The van der Waals surface area contributed by atoms with E-state index in [1.54, 1.807) is 11.3 Å². The number of aryl methyl sites for hydroxylation is 1. The molecular formula is C14H22ClN3OS. The fourth-order valence-corrected chi connectivity index (χ4v) is 3.44. The number of halogens is 1. The molecule has 6 heteroatoms. The second-order valence-electron chi connectivity index (χ2n) is 5.27. The van der Waals surface area contributed by atoms with E-state index in [0.29, 0.717) is 12.4 Å². The maximum atomic E-state index is 11.8. The molecule has 4 nitrogen and oxygen atoms in total. The molecule has 2 rings (SSSR count). The third-order valence-electron chi connectivity index (χ3n) is 3.60. The lowest BCUT2D eigenvalue weighted by Crippen LogP contribution is -2.34. The molecule has 1 aliphatic rings. The molecular weight excluding hydrogens is 294 g/mol. The van der Waals surface area contributed by atoms with Gasteiger partial charge in [0, 0.05) is 25.5 Å². The molecule has 0 aliphatic carbocycles. The van der Waals surface area contributed by atoms with Crippen molar-refractivity contribution in [3.8, 4) is 0 Å². The van der Waals surface area contributed by atoms with Crippen LogP contribution in [0.1, 0.15) is 30.0 Å². The van der Waals surface area contributed by atoms with Crippen molar-refractivity contribution in [2.24, 2.45) is 0 Å². The molecule has 0 aromatic carbocycles. The summed E-state index contributed by atoms with van der Waals surface area (Å²) in [4.78, 5) is 20.4. The summed E-state index contributed by atoms with van der Waals surface area (Å²) in [6.07, 6.45) is 4.33. The summed E-state index contributed by atoms with van der Waals surface area (Å²) in [6.45, 7) is 3.50. The van der Waals surface area contributed by atoms with Gasteiger partial charge in [0.05, 0.1) is 23.1 Å². The summed E-state index contributed by atoms with van der Waals surface area (Å²) in [6, 6.07) is 0. The number of hydrogen-bond acceptors (Lipinski definition) is 4. The number of aromatic nitrogens is 1. The molecule has 1 aromatic heterocycles. The lowest BCUT2D eigenvalue weighted by atomic mass is 10.2. The zero-order valence-corrected chi connectivity index (χ0v) is 13.5. The Kier molecular flexibility index (Phi) is 6.26. The molecule has 112 valence electrons. The molecule has 1 aromatic rings. The lowest BCUT2D eigenvalue weighted by molar-refractivity contribution is -0.129. The van der Waals surface area contributed by atoms with Gasteiger partial charge in [0.15, 0.2) is 0 Å². The van der Waals surface area contributed by atoms with Gasteiger partial charge in [-0.3, -0.25) is 9.69 Å². The van der Waals surface area contributed by atoms with E-state index in [1.807, 2.05) is 17.3 Å². The van der Waals surface area contributed by atoms with Gasteiger partial charge in [-0.1, -0.05) is 0 Å². The molecule has 0 spiro atoms. The topological polar surface area (TPSA) is 36.4 Å². The molecule has 1 saturated heterocycles. The first-order valence-electron chi connectivity index (χ1n) is 7.14. The molecule has 0 unspecified atom stereocenters. The number of carbonyl (C=O) groups excluding carboxylic acids is 1. The van der Waals surface area contributed by atoms with Gasteiger partial charge in [-0.05, 0) is 32.2 Å². The Morgan fingerprint density at radius 3 is 3.00 bits per heavy atom. The normalized spacial score (nSPS) is 17.5. The van der Waals surface area contributed by atoms with E-state index in [2.05, 4.69) is 9.88 Å². The second kappa shape index (κ2) is 7.96. The average Bonchev–Trinajstić information content (AvgIpc) is 2.84. The quantitative estimate of drug-likeness (QED) is 0.597. The summed E-state index contributed by atoms with van der Waals surface area (Å²) in [7, 11) is 1.89. The Morgan fingerprint density at radius 1 is 1.40 bits per heavy atom. The van der Waals surface area contributed by atoms with E-state index in [0.717, 1.165) is 51.0 Å². The van der Waals surface area contributed by atoms with Crippen LogP contribution in [-0.4, -0.2) is 53.9 Å². The fourth-order valence-electron chi connectivity index (χ4n) is 2.37. The highest BCUT2D eigenvalue weighted by Gasteiger charge is 2.18. The zero-order chi connectivity index (χ0) is 14.4. The number of unbranched alkanes of at least 4 members (excludes halogenated alkanes) is 1. The zero-order valence-electron chi connectivity index (χ0n) is 12.0. The Bertz CT molecular complexity index is 438. The predicted octanol–water partition coefficient (Wildman–Crippen LogP) is 2.37. The van der Waals surface area contributed by atoms with E-state index < -0.39 is 0 Å². The van der Waals surface area contributed by atoms with Crippen molar-refractivity contribution < 1.29 is 4.79 Å². The smallest absolute Gasteiger partial charge is 0.236 e. The third-order valence-corrected chi connectivity index (χ3v) is 4.83. The first-order chi connectivity index (χ1) is 9.69. The van der Waals surface area contributed by atoms with Crippen LogP contribution in [0.2, 0.25) is 0 Å². The highest BCUT2D eigenvalue weighted by Crippen LogP contribution is 2.14. The van der Waals surface area contributed by atoms with Gasteiger partial charge < -0.3 is 4.90 Å². The number of hydrogen-bond donors (Lipinski definition) is 0. The number of nitrogens with zero attached hydrogens (tertiary/aromatic N) is 3. The van der Waals surface area contributed by atoms with Gasteiger partial charge in [-0.2, -0.15) is 0 Å². The summed E-state index contributed by atoms with van der Waals surface area (Å²) in [5, 5.41) is 3.21. The first-order valence-corrected chi connectivity index (χ1v) is 8.56. The van der Waals surface area contributed by atoms with Crippen molar-refractivity contribution in [1.82, 2.24) is 14.8 Å². The van der Waals surface area contributed by atoms with Crippen LogP contribution in [0.3, 0.4) is 0 Å². The minimum atomic E-state index is 0.245. The van der Waals surface area contributed by atoms with Crippen LogP contribution in [0.25, 0.3) is 0 Å². The monoisotopic (exact) mass is 315 g/mol. The Morgan fingerprint density at radius 2 is 2.25 bits per heavy atom. The van der Waals surface area contributed by atoms with Crippen molar-refractivity contribution in [3.05, 3.63) is 16.1 Å². The van der Waals surface area contributed by atoms with E-state index in [1.165, 1.54) is 5.01 Å². The van der Waals surface area contributed by atoms with Gasteiger partial charge >= 0.3 is 0 Å². The number of alkyl halides is 1. The molecule has 0 N–H and O–H groups in total. The molecule has 0 radical (unpaired) electrons. The van der Waals surface area contributed by atoms with Crippen LogP contribution >= 0.6 is 22.9 Å². The van der Waals surface area contributed by atoms with E-state index >= 15 is 0 Å². The number of amides is 1. The number of rotatable bonds is 6. The SMILES string of the molecule is CN1CCCN(CCCCc2nc(CCl)cs2)CC1=O. The number of carbonyl (C=O) groups is 1. The Hall–Kier alpha value is -0.650. The minimum Gasteiger partial charge on any atom is -0.345 e. The third kappa shape index (κ3) is 4.72. The molecule has 0 bridgehead atoms. The molecule has 1 amide bonds. The largest absolute Gasteiger partial charge is 0.345 e. The van der Waals surface area contributed by atoms with Gasteiger partial charge in [-0.15, -0.1) is 22.9 Å². The van der Waals surface area contributed by atoms with Crippen LogP contribution in [-0.2, 0) is 17.1 Å². The highest BCUT2D eigenvalue weighted by molar-refractivity contribution is 7.09. The lowest BCUT2D eigenvalue weighted by Gasteiger charge is -2.18. The van der Waals surface area contributed by atoms with Crippen LogP contribution < -0.4 is 0 Å². The second-order valence-corrected chi connectivity index (χ2v) is 6.48.